The number of carbonyl (C=O) groups is 1. The molecule has 1 fully saturated rings. The average Bonchev–Trinajstić information content (AvgIpc) is 2.82. The lowest BCUT2D eigenvalue weighted by atomic mass is 10.2. The molecule has 1 aliphatic rings. The molecule has 1 aliphatic heterocycles. The molecule has 0 radical (unpaired) electrons. The number of aromatic nitrogens is 2. The third-order valence-corrected chi connectivity index (χ3v) is 6.69. The highest BCUT2D eigenvalue weighted by Crippen LogP contribution is 2.25. The molecule has 1 aromatic heterocycles. The second kappa shape index (κ2) is 7.65. The average molecular weight is 356 g/mol. The molecule has 2 rings (SSSR count). The lowest BCUT2D eigenvalue weighted by molar-refractivity contribution is -0.122. The predicted octanol–water partition coefficient (Wildman–Crippen LogP) is 1.59. The van der Waals surface area contributed by atoms with E-state index in [0.717, 1.165) is 25.7 Å². The first-order valence-electron chi connectivity index (χ1n) is 8.60. The van der Waals surface area contributed by atoms with Crippen LogP contribution in [-0.2, 0) is 21.4 Å². The summed E-state index contributed by atoms with van der Waals surface area (Å²) in [4.78, 5) is 12.3. The number of piperidine rings is 1. The van der Waals surface area contributed by atoms with Crippen LogP contribution in [0.3, 0.4) is 0 Å². The van der Waals surface area contributed by atoms with Crippen LogP contribution in [0, 0.1) is 13.8 Å². The second-order valence-electron chi connectivity index (χ2n) is 6.50. The number of hydrogen-bond acceptors (Lipinski definition) is 4. The number of aryl methyl sites for hydroxylation is 1. The molecule has 0 aromatic carbocycles. The molecule has 2 heterocycles. The molecule has 0 unspecified atom stereocenters. The Kier molecular flexibility index (Phi) is 6.03. The van der Waals surface area contributed by atoms with E-state index in [4.69, 9.17) is 0 Å². The fraction of sp³-hybridized carbons (Fsp3) is 0.750. The molecule has 1 amide bonds. The number of nitrogens with zero attached hydrogens (tertiary/aromatic N) is 3. The van der Waals surface area contributed by atoms with Gasteiger partial charge >= 0.3 is 0 Å². The topological polar surface area (TPSA) is 84.3 Å². The SMILES string of the molecule is CC[C@H](C)NC(=O)Cn1nc(C)c(S(=O)(=O)N2CCCCC2)c1C. The van der Waals surface area contributed by atoms with Crippen molar-refractivity contribution in [2.24, 2.45) is 0 Å². The number of nitrogens with one attached hydrogen (secondary N) is 1. The minimum absolute atomic E-state index is 0.0343. The summed E-state index contributed by atoms with van der Waals surface area (Å²) in [5.41, 5.74) is 0.979. The van der Waals surface area contributed by atoms with Gasteiger partial charge in [0.25, 0.3) is 0 Å². The maximum Gasteiger partial charge on any atom is 0.246 e. The van der Waals surface area contributed by atoms with Gasteiger partial charge in [0.05, 0.1) is 11.4 Å². The first-order valence-corrected chi connectivity index (χ1v) is 10.0. The van der Waals surface area contributed by atoms with Crippen LogP contribution in [-0.4, -0.2) is 47.5 Å². The summed E-state index contributed by atoms with van der Waals surface area (Å²) in [5.74, 6) is -0.156. The highest BCUT2D eigenvalue weighted by molar-refractivity contribution is 7.89. The monoisotopic (exact) mass is 356 g/mol. The van der Waals surface area contributed by atoms with Gasteiger partial charge in [-0.25, -0.2) is 8.42 Å². The van der Waals surface area contributed by atoms with Crippen molar-refractivity contribution in [2.45, 2.75) is 70.9 Å². The van der Waals surface area contributed by atoms with Gasteiger partial charge in [-0.2, -0.15) is 9.40 Å². The van der Waals surface area contributed by atoms with E-state index in [9.17, 15) is 13.2 Å². The van der Waals surface area contributed by atoms with Crippen molar-refractivity contribution in [3.63, 3.8) is 0 Å². The quantitative estimate of drug-likeness (QED) is 0.839. The smallest absolute Gasteiger partial charge is 0.246 e. The molecule has 8 heteroatoms. The zero-order valence-electron chi connectivity index (χ0n) is 15.0. The molecular formula is C16H28N4O3S. The first kappa shape index (κ1) is 18.9. The highest BCUT2D eigenvalue weighted by Gasteiger charge is 2.32. The molecule has 7 nitrogen and oxygen atoms in total. The summed E-state index contributed by atoms with van der Waals surface area (Å²) >= 11 is 0. The molecule has 0 aliphatic carbocycles. The Hall–Kier alpha value is -1.41. The van der Waals surface area contributed by atoms with E-state index in [1.54, 1.807) is 13.8 Å². The van der Waals surface area contributed by atoms with Gasteiger partial charge in [-0.1, -0.05) is 13.3 Å². The maximum absolute atomic E-state index is 12.9. The minimum atomic E-state index is -3.55. The molecule has 1 saturated heterocycles. The van der Waals surface area contributed by atoms with Crippen LogP contribution in [0.4, 0.5) is 0 Å². The lowest BCUT2D eigenvalue weighted by Crippen LogP contribution is -2.36. The predicted molar refractivity (Wildman–Crippen MR) is 92.2 cm³/mol. The van der Waals surface area contributed by atoms with Crippen molar-refractivity contribution in [3.05, 3.63) is 11.4 Å². The van der Waals surface area contributed by atoms with Crippen LogP contribution in [0.25, 0.3) is 0 Å². The van der Waals surface area contributed by atoms with E-state index in [1.807, 2.05) is 13.8 Å². The summed E-state index contributed by atoms with van der Waals surface area (Å²) in [6.45, 7) is 8.48. The van der Waals surface area contributed by atoms with Crippen LogP contribution < -0.4 is 5.32 Å². The molecule has 1 atom stereocenters. The van der Waals surface area contributed by atoms with Gasteiger partial charge in [0.2, 0.25) is 15.9 Å². The van der Waals surface area contributed by atoms with Crippen molar-refractivity contribution in [1.29, 1.82) is 0 Å². The van der Waals surface area contributed by atoms with Crippen molar-refractivity contribution in [2.75, 3.05) is 13.1 Å². The summed E-state index contributed by atoms with van der Waals surface area (Å²) < 4.78 is 28.9. The Morgan fingerprint density at radius 1 is 1.25 bits per heavy atom. The molecule has 24 heavy (non-hydrogen) atoms. The molecule has 1 aromatic rings. The Morgan fingerprint density at radius 2 is 1.88 bits per heavy atom. The van der Waals surface area contributed by atoms with Gasteiger partial charge in [-0.3, -0.25) is 9.48 Å². The lowest BCUT2D eigenvalue weighted by Gasteiger charge is -2.26. The normalized spacial score (nSPS) is 17.7. The van der Waals surface area contributed by atoms with E-state index < -0.39 is 10.0 Å². The summed E-state index contributed by atoms with van der Waals surface area (Å²) in [6, 6.07) is 0.0889. The molecular weight excluding hydrogens is 328 g/mol. The van der Waals surface area contributed by atoms with E-state index >= 15 is 0 Å². The van der Waals surface area contributed by atoms with Gasteiger partial charge in [0, 0.05) is 19.1 Å². The number of hydrogen-bond donors (Lipinski definition) is 1. The first-order chi connectivity index (χ1) is 11.3. The highest BCUT2D eigenvalue weighted by atomic mass is 32.2. The fourth-order valence-corrected chi connectivity index (χ4v) is 4.89. The van der Waals surface area contributed by atoms with Crippen LogP contribution in [0.2, 0.25) is 0 Å². The molecule has 0 saturated carbocycles. The van der Waals surface area contributed by atoms with E-state index in [2.05, 4.69) is 10.4 Å². The van der Waals surface area contributed by atoms with Crippen LogP contribution in [0.1, 0.15) is 50.9 Å². The zero-order valence-corrected chi connectivity index (χ0v) is 15.8. The Balaban J connectivity index is 2.24. The standard InChI is InChI=1S/C16H28N4O3S/c1-5-12(2)17-15(21)11-20-14(4)16(13(3)18-20)24(22,23)19-9-7-6-8-10-19/h12H,5-11H2,1-4H3,(H,17,21)/t12-/m0/s1. The Labute approximate surface area is 144 Å². The third-order valence-electron chi connectivity index (χ3n) is 4.54. The van der Waals surface area contributed by atoms with Crippen LogP contribution in [0.5, 0.6) is 0 Å². The van der Waals surface area contributed by atoms with Crippen molar-refractivity contribution >= 4 is 15.9 Å². The number of rotatable bonds is 6. The maximum atomic E-state index is 12.9. The summed E-state index contributed by atoms with van der Waals surface area (Å²) in [5, 5.41) is 7.17. The fourth-order valence-electron chi connectivity index (χ4n) is 3.00. The molecule has 136 valence electrons. The summed E-state index contributed by atoms with van der Waals surface area (Å²) in [6.07, 6.45) is 3.70. The van der Waals surface area contributed by atoms with Gasteiger partial charge in [-0.05, 0) is 40.0 Å². The van der Waals surface area contributed by atoms with Gasteiger partial charge < -0.3 is 5.32 Å². The van der Waals surface area contributed by atoms with E-state index in [0.29, 0.717) is 24.5 Å². The molecule has 0 spiro atoms. The molecule has 1 N–H and O–H groups in total. The third kappa shape index (κ3) is 3.97. The van der Waals surface area contributed by atoms with Gasteiger partial charge in [0.1, 0.15) is 11.4 Å². The van der Waals surface area contributed by atoms with E-state index in [1.165, 1.54) is 8.99 Å². The van der Waals surface area contributed by atoms with E-state index in [-0.39, 0.29) is 23.4 Å². The second-order valence-corrected chi connectivity index (χ2v) is 8.37. The number of sulfonamides is 1. The summed E-state index contributed by atoms with van der Waals surface area (Å²) in [7, 11) is -3.55. The Morgan fingerprint density at radius 3 is 2.46 bits per heavy atom. The largest absolute Gasteiger partial charge is 0.352 e. The van der Waals surface area contributed by atoms with Crippen molar-refractivity contribution in [1.82, 2.24) is 19.4 Å². The van der Waals surface area contributed by atoms with Crippen LogP contribution in [0.15, 0.2) is 4.90 Å². The molecule has 0 bridgehead atoms. The zero-order chi connectivity index (χ0) is 17.9. The minimum Gasteiger partial charge on any atom is -0.352 e. The van der Waals surface area contributed by atoms with Crippen LogP contribution >= 0.6 is 0 Å². The van der Waals surface area contributed by atoms with Crippen molar-refractivity contribution in [3.8, 4) is 0 Å². The van der Waals surface area contributed by atoms with Gasteiger partial charge in [0.15, 0.2) is 0 Å². The Bertz CT molecular complexity index is 690. The van der Waals surface area contributed by atoms with Crippen molar-refractivity contribution < 1.29 is 13.2 Å². The number of amides is 1. The number of carbonyl (C=O) groups excluding carboxylic acids is 1. The van der Waals surface area contributed by atoms with Gasteiger partial charge in [-0.15, -0.1) is 0 Å².